The van der Waals surface area contributed by atoms with Crippen LogP contribution >= 0.6 is 11.8 Å². The molecule has 2 unspecified atom stereocenters. The molecular formula is C24H19N3O3S. The van der Waals surface area contributed by atoms with Gasteiger partial charge in [0.1, 0.15) is 5.54 Å². The SMILES string of the molecule is CN1N=C(c2ccc([N+](=O)[O-])cc2)C(c2ccccc2)C12CSc1ccccc1C2=O. The number of rotatable bonds is 3. The second-order valence-electron chi connectivity index (χ2n) is 7.69. The van der Waals surface area contributed by atoms with E-state index >= 15 is 0 Å². The van der Waals surface area contributed by atoms with Crippen LogP contribution in [0.3, 0.4) is 0 Å². The molecule has 0 N–H and O–H groups in total. The highest BCUT2D eigenvalue weighted by Crippen LogP contribution is 2.49. The summed E-state index contributed by atoms with van der Waals surface area (Å²) in [7, 11) is 1.85. The van der Waals surface area contributed by atoms with Crippen molar-refractivity contribution in [3.63, 3.8) is 0 Å². The van der Waals surface area contributed by atoms with Gasteiger partial charge in [-0.1, -0.05) is 48.5 Å². The molecule has 0 aromatic heterocycles. The van der Waals surface area contributed by atoms with Crippen LogP contribution in [0.15, 0.2) is 88.9 Å². The Labute approximate surface area is 183 Å². The maximum absolute atomic E-state index is 13.9. The predicted octanol–water partition coefficient (Wildman–Crippen LogP) is 4.76. The summed E-state index contributed by atoms with van der Waals surface area (Å²) in [5, 5.41) is 17.7. The molecule has 1 spiro atoms. The third-order valence-corrected chi connectivity index (χ3v) is 7.32. The number of ketones is 1. The molecule has 0 bridgehead atoms. The molecule has 0 saturated heterocycles. The molecule has 3 aromatic carbocycles. The smallest absolute Gasteiger partial charge is 0.269 e. The molecule has 0 saturated carbocycles. The van der Waals surface area contributed by atoms with Gasteiger partial charge in [0.15, 0.2) is 5.78 Å². The maximum Gasteiger partial charge on any atom is 0.269 e. The lowest BCUT2D eigenvalue weighted by atomic mass is 9.72. The molecule has 31 heavy (non-hydrogen) atoms. The van der Waals surface area contributed by atoms with Crippen LogP contribution in [0.25, 0.3) is 0 Å². The fraction of sp³-hybridized carbons (Fsp3) is 0.167. The van der Waals surface area contributed by atoms with Crippen LogP contribution in [-0.4, -0.2) is 39.8 Å². The van der Waals surface area contributed by atoms with Crippen LogP contribution in [0, 0.1) is 10.1 Å². The highest BCUT2D eigenvalue weighted by molar-refractivity contribution is 7.99. The summed E-state index contributed by atoms with van der Waals surface area (Å²) in [6.45, 7) is 0. The maximum atomic E-state index is 13.9. The van der Waals surface area contributed by atoms with Crippen LogP contribution in [0.2, 0.25) is 0 Å². The third kappa shape index (κ3) is 2.96. The van der Waals surface area contributed by atoms with Crippen molar-refractivity contribution in [1.29, 1.82) is 0 Å². The first kappa shape index (κ1) is 19.5. The van der Waals surface area contributed by atoms with E-state index in [2.05, 4.69) is 0 Å². The van der Waals surface area contributed by atoms with Crippen LogP contribution in [0.1, 0.15) is 27.4 Å². The lowest BCUT2D eigenvalue weighted by Crippen LogP contribution is -2.56. The van der Waals surface area contributed by atoms with Crippen molar-refractivity contribution in [2.75, 3.05) is 12.8 Å². The second-order valence-corrected chi connectivity index (χ2v) is 8.71. The van der Waals surface area contributed by atoms with Gasteiger partial charge in [0.25, 0.3) is 5.69 Å². The number of nitrogens with zero attached hydrogens (tertiary/aromatic N) is 3. The van der Waals surface area contributed by atoms with Gasteiger partial charge in [-0.3, -0.25) is 19.9 Å². The van der Waals surface area contributed by atoms with E-state index < -0.39 is 10.5 Å². The van der Waals surface area contributed by atoms with Gasteiger partial charge in [-0.25, -0.2) is 0 Å². The zero-order chi connectivity index (χ0) is 21.6. The number of hydrazone groups is 1. The lowest BCUT2D eigenvalue weighted by Gasteiger charge is -2.42. The fourth-order valence-corrected chi connectivity index (χ4v) is 5.85. The molecule has 2 atom stereocenters. The Morgan fingerprint density at radius 1 is 1.03 bits per heavy atom. The van der Waals surface area contributed by atoms with E-state index in [4.69, 9.17) is 5.10 Å². The second kappa shape index (κ2) is 7.35. The molecule has 0 aliphatic carbocycles. The summed E-state index contributed by atoms with van der Waals surface area (Å²) in [6.07, 6.45) is 0. The van der Waals surface area contributed by atoms with Crippen molar-refractivity contribution in [2.24, 2.45) is 5.10 Å². The average molecular weight is 430 g/mol. The molecule has 7 heteroatoms. The van der Waals surface area contributed by atoms with Gasteiger partial charge in [-0.15, -0.1) is 11.8 Å². The summed E-state index contributed by atoms with van der Waals surface area (Å²) >= 11 is 1.67. The minimum absolute atomic E-state index is 0.0277. The quantitative estimate of drug-likeness (QED) is 0.443. The van der Waals surface area contributed by atoms with Gasteiger partial charge in [-0.05, 0) is 29.3 Å². The third-order valence-electron chi connectivity index (χ3n) is 6.07. The molecule has 2 heterocycles. The number of Topliss-reactive ketones (excluding diaryl/α,β-unsaturated/α-hetero) is 1. The zero-order valence-electron chi connectivity index (χ0n) is 16.8. The predicted molar refractivity (Wildman–Crippen MR) is 121 cm³/mol. The topological polar surface area (TPSA) is 75.8 Å². The molecule has 0 amide bonds. The molecule has 3 aromatic rings. The highest BCUT2D eigenvalue weighted by atomic mass is 32.2. The Kier molecular flexibility index (Phi) is 4.63. The van der Waals surface area contributed by atoms with Crippen molar-refractivity contribution >= 4 is 28.9 Å². The van der Waals surface area contributed by atoms with Gasteiger partial charge in [0, 0.05) is 35.4 Å². The van der Waals surface area contributed by atoms with Gasteiger partial charge < -0.3 is 0 Å². The summed E-state index contributed by atoms with van der Waals surface area (Å²) in [6, 6.07) is 24.0. The first-order valence-electron chi connectivity index (χ1n) is 9.91. The number of fused-ring (bicyclic) bond motifs is 1. The minimum atomic E-state index is -0.864. The zero-order valence-corrected chi connectivity index (χ0v) is 17.6. The average Bonchev–Trinajstić information content (AvgIpc) is 3.10. The number of nitro groups is 1. The number of non-ortho nitro benzene ring substituents is 1. The van der Waals surface area contributed by atoms with Crippen LogP contribution in [0.4, 0.5) is 5.69 Å². The van der Waals surface area contributed by atoms with Crippen molar-refractivity contribution in [1.82, 2.24) is 5.01 Å². The van der Waals surface area contributed by atoms with Crippen LogP contribution in [-0.2, 0) is 0 Å². The Morgan fingerprint density at radius 2 is 1.71 bits per heavy atom. The number of likely N-dealkylation sites (N-methyl/N-ethyl adjacent to an activating group) is 1. The number of carbonyl (C=O) groups is 1. The number of nitro benzene ring substituents is 1. The van der Waals surface area contributed by atoms with E-state index in [1.54, 1.807) is 28.9 Å². The summed E-state index contributed by atoms with van der Waals surface area (Å²) in [4.78, 5) is 25.6. The molecule has 5 rings (SSSR count). The standard InChI is InChI=1S/C24H19N3O3S/c1-26-24(15-31-20-10-6-5-9-19(20)23(24)28)21(16-7-3-2-4-8-16)22(25-26)17-11-13-18(14-12-17)27(29)30/h2-14,21H,15H2,1H3. The van der Waals surface area contributed by atoms with Crippen LogP contribution < -0.4 is 0 Å². The summed E-state index contributed by atoms with van der Waals surface area (Å²) in [5.74, 6) is 0.325. The summed E-state index contributed by atoms with van der Waals surface area (Å²) in [5.41, 5.74) is 2.40. The van der Waals surface area contributed by atoms with E-state index in [-0.39, 0.29) is 17.4 Å². The van der Waals surface area contributed by atoms with E-state index in [0.29, 0.717) is 11.3 Å². The number of benzene rings is 3. The Bertz CT molecular complexity index is 1210. The first-order chi connectivity index (χ1) is 15.0. The van der Waals surface area contributed by atoms with Gasteiger partial charge in [-0.2, -0.15) is 5.10 Å². The summed E-state index contributed by atoms with van der Waals surface area (Å²) < 4.78 is 0. The molecule has 154 valence electrons. The largest absolute Gasteiger partial charge is 0.291 e. The molecule has 2 aliphatic rings. The monoisotopic (exact) mass is 429 g/mol. The number of hydrogen-bond acceptors (Lipinski definition) is 6. The van der Waals surface area contributed by atoms with Gasteiger partial charge >= 0.3 is 0 Å². The number of thioether (sulfide) groups is 1. The number of carbonyl (C=O) groups excluding carboxylic acids is 1. The Hall–Kier alpha value is -3.45. The molecule has 6 nitrogen and oxygen atoms in total. The van der Waals surface area contributed by atoms with Crippen molar-refractivity contribution in [3.05, 3.63) is 106 Å². The molecular weight excluding hydrogens is 410 g/mol. The van der Waals surface area contributed by atoms with E-state index in [9.17, 15) is 14.9 Å². The first-order valence-corrected chi connectivity index (χ1v) is 10.9. The molecule has 0 radical (unpaired) electrons. The highest BCUT2D eigenvalue weighted by Gasteiger charge is 2.57. The fourth-order valence-electron chi connectivity index (χ4n) is 4.50. The Morgan fingerprint density at radius 3 is 2.42 bits per heavy atom. The Balaban J connectivity index is 1.67. The van der Waals surface area contributed by atoms with Crippen molar-refractivity contribution < 1.29 is 9.72 Å². The molecule has 0 fully saturated rings. The van der Waals surface area contributed by atoms with Gasteiger partial charge in [0.05, 0.1) is 16.6 Å². The normalized spacial score (nSPS) is 22.4. The minimum Gasteiger partial charge on any atom is -0.291 e. The number of hydrogen-bond donors (Lipinski definition) is 0. The van der Waals surface area contributed by atoms with Crippen molar-refractivity contribution in [3.8, 4) is 0 Å². The van der Waals surface area contributed by atoms with Gasteiger partial charge in [0.2, 0.25) is 0 Å². The van der Waals surface area contributed by atoms with E-state index in [1.807, 2.05) is 61.6 Å². The van der Waals surface area contributed by atoms with E-state index in [1.165, 1.54) is 12.1 Å². The van der Waals surface area contributed by atoms with Crippen LogP contribution in [0.5, 0.6) is 0 Å². The lowest BCUT2D eigenvalue weighted by molar-refractivity contribution is -0.384. The van der Waals surface area contributed by atoms with E-state index in [0.717, 1.165) is 21.7 Å². The van der Waals surface area contributed by atoms with Crippen molar-refractivity contribution in [2.45, 2.75) is 16.4 Å². The molecule has 2 aliphatic heterocycles.